The number of anilines is 1. The number of aryl methyl sites for hydroxylation is 2. The highest BCUT2D eigenvalue weighted by atomic mass is 16.3. The third-order valence-electron chi connectivity index (χ3n) is 4.85. The van der Waals surface area contributed by atoms with E-state index in [1.165, 1.54) is 0 Å². The summed E-state index contributed by atoms with van der Waals surface area (Å²) >= 11 is 0. The highest BCUT2D eigenvalue weighted by Crippen LogP contribution is 2.24. The van der Waals surface area contributed by atoms with Crippen LogP contribution in [0, 0.1) is 13.8 Å². The lowest BCUT2D eigenvalue weighted by Gasteiger charge is -2.07. The van der Waals surface area contributed by atoms with Gasteiger partial charge < -0.3 is 9.73 Å². The van der Waals surface area contributed by atoms with Gasteiger partial charge in [0.1, 0.15) is 11.3 Å². The number of rotatable bonds is 3. The third-order valence-corrected chi connectivity index (χ3v) is 4.85. The standard InChI is InChI=1S/C23H18N4O2/c1-14-24-19-12-16(8-10-21(19)27(14)18-6-4-3-5-7-18)23(28)26-17-9-11-22-20(13-17)25-15(2)29-22/h3-13H,1-2H3,(H,26,28). The van der Waals surface area contributed by atoms with Crippen LogP contribution in [-0.4, -0.2) is 20.4 Å². The Morgan fingerprint density at radius 3 is 2.59 bits per heavy atom. The normalized spacial score (nSPS) is 11.2. The summed E-state index contributed by atoms with van der Waals surface area (Å²) in [5, 5.41) is 2.92. The van der Waals surface area contributed by atoms with Gasteiger partial charge in [0, 0.05) is 23.9 Å². The average molecular weight is 382 g/mol. The summed E-state index contributed by atoms with van der Waals surface area (Å²) in [6.07, 6.45) is 0. The van der Waals surface area contributed by atoms with Crippen LogP contribution in [0.2, 0.25) is 0 Å². The van der Waals surface area contributed by atoms with Gasteiger partial charge in [0.15, 0.2) is 11.5 Å². The van der Waals surface area contributed by atoms with E-state index in [0.717, 1.165) is 22.5 Å². The van der Waals surface area contributed by atoms with E-state index in [9.17, 15) is 4.79 Å². The van der Waals surface area contributed by atoms with E-state index in [0.29, 0.717) is 28.2 Å². The van der Waals surface area contributed by atoms with Gasteiger partial charge in [-0.3, -0.25) is 9.36 Å². The molecule has 5 aromatic rings. The van der Waals surface area contributed by atoms with E-state index in [-0.39, 0.29) is 5.91 Å². The summed E-state index contributed by atoms with van der Waals surface area (Å²) in [5.74, 6) is 1.27. The number of amides is 1. The molecule has 0 unspecified atom stereocenters. The van der Waals surface area contributed by atoms with Crippen LogP contribution in [-0.2, 0) is 0 Å². The molecule has 2 aromatic heterocycles. The van der Waals surface area contributed by atoms with Crippen molar-refractivity contribution < 1.29 is 9.21 Å². The Kier molecular flexibility index (Phi) is 3.91. The Bertz CT molecular complexity index is 1370. The first kappa shape index (κ1) is 17.2. The van der Waals surface area contributed by atoms with Gasteiger partial charge in [-0.25, -0.2) is 9.97 Å². The molecule has 29 heavy (non-hydrogen) atoms. The highest BCUT2D eigenvalue weighted by Gasteiger charge is 2.13. The molecule has 142 valence electrons. The third kappa shape index (κ3) is 3.04. The number of oxazole rings is 1. The number of hydrogen-bond acceptors (Lipinski definition) is 4. The van der Waals surface area contributed by atoms with Crippen LogP contribution in [0.5, 0.6) is 0 Å². The van der Waals surface area contributed by atoms with Crippen LogP contribution >= 0.6 is 0 Å². The SMILES string of the molecule is Cc1nc2cc(NC(=O)c3ccc4c(c3)nc(C)n4-c3ccccc3)ccc2o1. The lowest BCUT2D eigenvalue weighted by Crippen LogP contribution is -2.11. The van der Waals surface area contributed by atoms with Crippen molar-refractivity contribution in [1.82, 2.24) is 14.5 Å². The molecule has 5 rings (SSSR count). The van der Waals surface area contributed by atoms with E-state index in [1.807, 2.05) is 55.5 Å². The summed E-state index contributed by atoms with van der Waals surface area (Å²) in [4.78, 5) is 21.7. The average Bonchev–Trinajstić information content (AvgIpc) is 3.25. The number of carbonyl (C=O) groups is 1. The zero-order chi connectivity index (χ0) is 20.0. The topological polar surface area (TPSA) is 73.0 Å². The minimum Gasteiger partial charge on any atom is -0.441 e. The molecule has 6 heteroatoms. The Morgan fingerprint density at radius 2 is 1.76 bits per heavy atom. The van der Waals surface area contributed by atoms with Crippen molar-refractivity contribution in [3.05, 3.63) is 84.0 Å². The van der Waals surface area contributed by atoms with Gasteiger partial charge in [0.2, 0.25) is 0 Å². The van der Waals surface area contributed by atoms with E-state index < -0.39 is 0 Å². The number of nitrogens with one attached hydrogen (secondary N) is 1. The molecule has 6 nitrogen and oxygen atoms in total. The smallest absolute Gasteiger partial charge is 0.255 e. The van der Waals surface area contributed by atoms with Gasteiger partial charge in [0.25, 0.3) is 5.91 Å². The minimum absolute atomic E-state index is 0.196. The predicted molar refractivity (Wildman–Crippen MR) is 113 cm³/mol. The molecule has 0 fully saturated rings. The van der Waals surface area contributed by atoms with Crippen LogP contribution in [0.4, 0.5) is 5.69 Å². The van der Waals surface area contributed by atoms with E-state index in [1.54, 1.807) is 25.1 Å². The summed E-state index contributed by atoms with van der Waals surface area (Å²) in [5.41, 5.74) is 5.41. The lowest BCUT2D eigenvalue weighted by atomic mass is 10.1. The first-order valence-corrected chi connectivity index (χ1v) is 9.31. The van der Waals surface area contributed by atoms with Crippen molar-refractivity contribution in [3.63, 3.8) is 0 Å². The number of fused-ring (bicyclic) bond motifs is 2. The Labute approximate surface area is 166 Å². The number of nitrogens with zero attached hydrogens (tertiary/aromatic N) is 3. The van der Waals surface area contributed by atoms with Crippen LogP contribution < -0.4 is 5.32 Å². The predicted octanol–water partition coefficient (Wildman–Crippen LogP) is 5.04. The van der Waals surface area contributed by atoms with Crippen LogP contribution in [0.25, 0.3) is 27.8 Å². The molecule has 0 spiro atoms. The number of para-hydroxylation sites is 1. The van der Waals surface area contributed by atoms with E-state index >= 15 is 0 Å². The number of carbonyl (C=O) groups excluding carboxylic acids is 1. The molecule has 0 saturated carbocycles. The first-order chi connectivity index (χ1) is 14.1. The van der Waals surface area contributed by atoms with Gasteiger partial charge in [-0.2, -0.15) is 0 Å². The van der Waals surface area contributed by atoms with Gasteiger partial charge in [-0.1, -0.05) is 18.2 Å². The second kappa shape index (κ2) is 6.60. The van der Waals surface area contributed by atoms with Crippen molar-refractivity contribution in [1.29, 1.82) is 0 Å². The molecule has 1 N–H and O–H groups in total. The van der Waals surface area contributed by atoms with Gasteiger partial charge in [-0.15, -0.1) is 0 Å². The highest BCUT2D eigenvalue weighted by molar-refractivity contribution is 6.06. The van der Waals surface area contributed by atoms with Crippen molar-refractivity contribution in [3.8, 4) is 5.69 Å². The molecule has 1 amide bonds. The monoisotopic (exact) mass is 382 g/mol. The minimum atomic E-state index is -0.196. The second-order valence-corrected chi connectivity index (χ2v) is 6.90. The van der Waals surface area contributed by atoms with Crippen LogP contribution in [0.1, 0.15) is 22.1 Å². The van der Waals surface area contributed by atoms with Gasteiger partial charge >= 0.3 is 0 Å². The molecule has 0 radical (unpaired) electrons. The van der Waals surface area contributed by atoms with Crippen LogP contribution in [0.15, 0.2) is 71.1 Å². The van der Waals surface area contributed by atoms with E-state index in [2.05, 4.69) is 19.9 Å². The molecule has 0 bridgehead atoms. The van der Waals surface area contributed by atoms with Crippen molar-refractivity contribution in [2.24, 2.45) is 0 Å². The number of benzene rings is 3. The summed E-state index contributed by atoms with van der Waals surface area (Å²) in [7, 11) is 0. The summed E-state index contributed by atoms with van der Waals surface area (Å²) in [6, 6.07) is 21.0. The van der Waals surface area contributed by atoms with Crippen molar-refractivity contribution in [2.75, 3.05) is 5.32 Å². The fraction of sp³-hybridized carbons (Fsp3) is 0.0870. The fourth-order valence-electron chi connectivity index (χ4n) is 3.57. The van der Waals surface area contributed by atoms with E-state index in [4.69, 9.17) is 4.42 Å². The molecule has 2 heterocycles. The molecule has 0 aliphatic heterocycles. The molecular weight excluding hydrogens is 364 g/mol. The second-order valence-electron chi connectivity index (χ2n) is 6.90. The first-order valence-electron chi connectivity index (χ1n) is 9.31. The largest absolute Gasteiger partial charge is 0.441 e. The van der Waals surface area contributed by atoms with Crippen molar-refractivity contribution >= 4 is 33.7 Å². The molecule has 0 saturated heterocycles. The Hall–Kier alpha value is -3.93. The molecule has 0 aliphatic rings. The lowest BCUT2D eigenvalue weighted by molar-refractivity contribution is 0.102. The molecular formula is C23H18N4O2. The zero-order valence-corrected chi connectivity index (χ0v) is 16.0. The maximum absolute atomic E-state index is 12.8. The number of hydrogen-bond donors (Lipinski definition) is 1. The maximum atomic E-state index is 12.8. The van der Waals surface area contributed by atoms with Gasteiger partial charge in [-0.05, 0) is 55.5 Å². The Morgan fingerprint density at radius 1 is 0.931 bits per heavy atom. The summed E-state index contributed by atoms with van der Waals surface area (Å²) in [6.45, 7) is 3.76. The van der Waals surface area contributed by atoms with Crippen molar-refractivity contribution in [2.45, 2.75) is 13.8 Å². The van der Waals surface area contributed by atoms with Crippen LogP contribution in [0.3, 0.4) is 0 Å². The zero-order valence-electron chi connectivity index (χ0n) is 16.0. The molecule has 0 atom stereocenters. The quantitative estimate of drug-likeness (QED) is 0.475. The number of aromatic nitrogens is 3. The summed E-state index contributed by atoms with van der Waals surface area (Å²) < 4.78 is 7.56. The molecule has 3 aromatic carbocycles. The molecule has 0 aliphatic carbocycles. The maximum Gasteiger partial charge on any atom is 0.255 e. The van der Waals surface area contributed by atoms with Gasteiger partial charge in [0.05, 0.1) is 11.0 Å². The fourth-order valence-corrected chi connectivity index (χ4v) is 3.57. The Balaban J connectivity index is 1.47. The number of imidazole rings is 1.